The molecule has 2 aromatic rings. The highest BCUT2D eigenvalue weighted by Gasteiger charge is 2.07. The average molecular weight is 281 g/mol. The lowest BCUT2D eigenvalue weighted by Gasteiger charge is -2.10. The van der Waals surface area contributed by atoms with Crippen LogP contribution in [0.4, 0.5) is 0 Å². The van der Waals surface area contributed by atoms with E-state index < -0.39 is 0 Å². The molecule has 0 aliphatic heterocycles. The molecular weight excluding hydrogens is 268 g/mol. The molecule has 2 heterocycles. The zero-order valence-corrected chi connectivity index (χ0v) is 10.6. The van der Waals surface area contributed by atoms with Crippen molar-refractivity contribution in [1.82, 2.24) is 10.3 Å². The summed E-state index contributed by atoms with van der Waals surface area (Å²) in [6.07, 6.45) is 3.49. The minimum atomic E-state index is 0.195. The van der Waals surface area contributed by atoms with Crippen molar-refractivity contribution in [2.45, 2.75) is 19.5 Å². The molecule has 0 radical (unpaired) electrons. The summed E-state index contributed by atoms with van der Waals surface area (Å²) in [5, 5.41) is 3.35. The molecule has 0 saturated carbocycles. The Balaban J connectivity index is 1.90. The number of halogens is 1. The molecule has 4 heteroatoms. The van der Waals surface area contributed by atoms with E-state index in [0.29, 0.717) is 0 Å². The summed E-state index contributed by atoms with van der Waals surface area (Å²) < 4.78 is 6.31. The normalized spacial score (nSPS) is 12.6. The van der Waals surface area contributed by atoms with Gasteiger partial charge in [0.2, 0.25) is 0 Å². The van der Waals surface area contributed by atoms with Gasteiger partial charge in [-0.2, -0.15) is 0 Å². The van der Waals surface area contributed by atoms with Gasteiger partial charge in [-0.3, -0.25) is 4.98 Å². The molecule has 0 unspecified atom stereocenters. The van der Waals surface area contributed by atoms with E-state index in [0.717, 1.165) is 22.5 Å². The molecule has 0 spiro atoms. The third-order valence-electron chi connectivity index (χ3n) is 2.35. The van der Waals surface area contributed by atoms with Gasteiger partial charge >= 0.3 is 0 Å². The van der Waals surface area contributed by atoms with Gasteiger partial charge in [0.1, 0.15) is 5.76 Å². The van der Waals surface area contributed by atoms with Crippen molar-refractivity contribution in [2.24, 2.45) is 0 Å². The monoisotopic (exact) mass is 280 g/mol. The number of nitrogens with zero attached hydrogens (tertiary/aromatic N) is 1. The van der Waals surface area contributed by atoms with E-state index in [9.17, 15) is 0 Å². The standard InChI is InChI=1S/C12H13BrN2O/c1-9(12-3-2-6-16-12)14-8-11-5-4-10(13)7-15-11/h2-7,9,14H,8H2,1H3/t9-/m0/s1. The van der Waals surface area contributed by atoms with Gasteiger partial charge in [0.25, 0.3) is 0 Å². The molecule has 1 atom stereocenters. The van der Waals surface area contributed by atoms with Gasteiger partial charge < -0.3 is 9.73 Å². The molecule has 1 N–H and O–H groups in total. The number of nitrogens with one attached hydrogen (secondary N) is 1. The van der Waals surface area contributed by atoms with Gasteiger partial charge in [0.15, 0.2) is 0 Å². The minimum Gasteiger partial charge on any atom is -0.468 e. The first kappa shape index (κ1) is 11.4. The van der Waals surface area contributed by atoms with E-state index in [1.54, 1.807) is 12.5 Å². The van der Waals surface area contributed by atoms with Crippen LogP contribution >= 0.6 is 15.9 Å². The van der Waals surface area contributed by atoms with Crippen molar-refractivity contribution < 1.29 is 4.42 Å². The quantitative estimate of drug-likeness (QED) is 0.934. The van der Waals surface area contributed by atoms with Gasteiger partial charge in [0, 0.05) is 17.2 Å². The Morgan fingerprint density at radius 2 is 2.31 bits per heavy atom. The van der Waals surface area contributed by atoms with Crippen LogP contribution in [0.2, 0.25) is 0 Å². The van der Waals surface area contributed by atoms with Gasteiger partial charge in [-0.25, -0.2) is 0 Å². The zero-order valence-electron chi connectivity index (χ0n) is 8.98. The maximum absolute atomic E-state index is 5.31. The summed E-state index contributed by atoms with van der Waals surface area (Å²) in [7, 11) is 0. The first-order valence-electron chi connectivity index (χ1n) is 5.13. The van der Waals surface area contributed by atoms with E-state index >= 15 is 0 Å². The van der Waals surface area contributed by atoms with Gasteiger partial charge in [0.05, 0.1) is 18.0 Å². The number of aromatic nitrogens is 1. The van der Waals surface area contributed by atoms with Crippen molar-refractivity contribution in [2.75, 3.05) is 0 Å². The largest absolute Gasteiger partial charge is 0.468 e. The summed E-state index contributed by atoms with van der Waals surface area (Å²) in [6, 6.07) is 8.03. The second kappa shape index (κ2) is 5.27. The van der Waals surface area contributed by atoms with E-state index in [1.807, 2.05) is 24.3 Å². The lowest BCUT2D eigenvalue weighted by molar-refractivity contribution is 0.429. The van der Waals surface area contributed by atoms with Crippen molar-refractivity contribution in [3.05, 3.63) is 52.7 Å². The molecule has 0 bridgehead atoms. The number of hydrogen-bond donors (Lipinski definition) is 1. The summed E-state index contributed by atoms with van der Waals surface area (Å²) in [4.78, 5) is 4.29. The number of hydrogen-bond acceptors (Lipinski definition) is 3. The van der Waals surface area contributed by atoms with E-state index in [1.165, 1.54) is 0 Å². The SMILES string of the molecule is C[C@H](NCc1ccc(Br)cn1)c1ccco1. The number of furan rings is 1. The Bertz CT molecular complexity index is 425. The summed E-state index contributed by atoms with van der Waals surface area (Å²) in [5.74, 6) is 0.942. The van der Waals surface area contributed by atoms with Crippen molar-refractivity contribution in [3.63, 3.8) is 0 Å². The van der Waals surface area contributed by atoms with Gasteiger partial charge in [-0.15, -0.1) is 0 Å². The van der Waals surface area contributed by atoms with Crippen molar-refractivity contribution in [1.29, 1.82) is 0 Å². The third-order valence-corrected chi connectivity index (χ3v) is 2.82. The average Bonchev–Trinajstić information content (AvgIpc) is 2.81. The lowest BCUT2D eigenvalue weighted by Crippen LogP contribution is -2.18. The third kappa shape index (κ3) is 2.93. The molecule has 0 amide bonds. The van der Waals surface area contributed by atoms with Crippen LogP contribution in [0, 0.1) is 0 Å². The fourth-order valence-corrected chi connectivity index (χ4v) is 1.64. The van der Waals surface area contributed by atoms with Crippen LogP contribution in [0.5, 0.6) is 0 Å². The molecule has 3 nitrogen and oxygen atoms in total. The molecule has 16 heavy (non-hydrogen) atoms. The van der Waals surface area contributed by atoms with Crippen LogP contribution < -0.4 is 5.32 Å². The Hall–Kier alpha value is -1.13. The van der Waals surface area contributed by atoms with Crippen LogP contribution in [0.25, 0.3) is 0 Å². The van der Waals surface area contributed by atoms with Crippen LogP contribution in [-0.2, 0) is 6.54 Å². The topological polar surface area (TPSA) is 38.1 Å². The molecule has 0 saturated heterocycles. The first-order valence-corrected chi connectivity index (χ1v) is 5.92. The number of pyridine rings is 1. The fraction of sp³-hybridized carbons (Fsp3) is 0.250. The Kier molecular flexibility index (Phi) is 3.74. The second-order valence-electron chi connectivity index (χ2n) is 3.59. The molecule has 0 aliphatic rings. The summed E-state index contributed by atoms with van der Waals surface area (Å²) >= 11 is 3.36. The van der Waals surface area contributed by atoms with E-state index in [-0.39, 0.29) is 6.04 Å². The molecule has 2 aromatic heterocycles. The molecule has 0 aliphatic carbocycles. The molecule has 84 valence electrons. The van der Waals surface area contributed by atoms with Gasteiger partial charge in [-0.05, 0) is 47.1 Å². The number of rotatable bonds is 4. The highest BCUT2D eigenvalue weighted by Crippen LogP contribution is 2.13. The Labute approximate surface area is 103 Å². The van der Waals surface area contributed by atoms with Crippen molar-refractivity contribution in [3.8, 4) is 0 Å². The predicted molar refractivity (Wildman–Crippen MR) is 65.9 cm³/mol. The highest BCUT2D eigenvalue weighted by molar-refractivity contribution is 9.10. The van der Waals surface area contributed by atoms with Crippen LogP contribution in [0.15, 0.2) is 45.6 Å². The van der Waals surface area contributed by atoms with E-state index in [4.69, 9.17) is 4.42 Å². The summed E-state index contributed by atoms with van der Waals surface area (Å²) in [6.45, 7) is 2.80. The van der Waals surface area contributed by atoms with Gasteiger partial charge in [-0.1, -0.05) is 0 Å². The second-order valence-corrected chi connectivity index (χ2v) is 4.50. The van der Waals surface area contributed by atoms with Crippen LogP contribution in [0.1, 0.15) is 24.4 Å². The van der Waals surface area contributed by atoms with Crippen molar-refractivity contribution >= 4 is 15.9 Å². The predicted octanol–water partition coefficient (Wildman–Crippen LogP) is 3.29. The fourth-order valence-electron chi connectivity index (χ4n) is 1.41. The minimum absolute atomic E-state index is 0.195. The summed E-state index contributed by atoms with van der Waals surface area (Å²) in [5.41, 5.74) is 1.02. The molecule has 0 fully saturated rings. The lowest BCUT2D eigenvalue weighted by atomic mass is 10.2. The maximum atomic E-state index is 5.31. The Morgan fingerprint density at radius 1 is 1.44 bits per heavy atom. The van der Waals surface area contributed by atoms with Crippen LogP contribution in [-0.4, -0.2) is 4.98 Å². The molecular formula is C12H13BrN2O. The Morgan fingerprint density at radius 3 is 2.94 bits per heavy atom. The first-order chi connectivity index (χ1) is 7.75. The van der Waals surface area contributed by atoms with Crippen LogP contribution in [0.3, 0.4) is 0 Å². The highest BCUT2D eigenvalue weighted by atomic mass is 79.9. The molecule has 2 rings (SSSR count). The smallest absolute Gasteiger partial charge is 0.120 e. The zero-order chi connectivity index (χ0) is 11.4. The maximum Gasteiger partial charge on any atom is 0.120 e. The molecule has 0 aromatic carbocycles. The van der Waals surface area contributed by atoms with E-state index in [2.05, 4.69) is 33.2 Å².